The van der Waals surface area contributed by atoms with E-state index < -0.39 is 0 Å². The molecule has 1 heterocycles. The SMILES string of the molecule is CCc1cccc2c(CCCN)c(C)[nH]c12. The predicted molar refractivity (Wildman–Crippen MR) is 69.8 cm³/mol. The first kappa shape index (κ1) is 11.2. The molecule has 0 bridgehead atoms. The number of hydrogen-bond donors (Lipinski definition) is 2. The first-order valence-corrected chi connectivity index (χ1v) is 6.07. The molecule has 2 rings (SSSR count). The zero-order valence-electron chi connectivity index (χ0n) is 10.1. The molecule has 0 saturated carbocycles. The molecule has 2 heteroatoms. The van der Waals surface area contributed by atoms with Crippen molar-refractivity contribution in [2.75, 3.05) is 6.54 Å². The minimum atomic E-state index is 0.763. The molecule has 0 amide bonds. The molecule has 1 aromatic heterocycles. The minimum Gasteiger partial charge on any atom is -0.358 e. The van der Waals surface area contributed by atoms with Crippen LogP contribution in [0.4, 0.5) is 0 Å². The zero-order valence-corrected chi connectivity index (χ0v) is 10.1. The summed E-state index contributed by atoms with van der Waals surface area (Å²) in [4.78, 5) is 3.51. The summed E-state index contributed by atoms with van der Waals surface area (Å²) >= 11 is 0. The second-order valence-electron chi connectivity index (χ2n) is 4.31. The van der Waals surface area contributed by atoms with Crippen LogP contribution in [0, 0.1) is 6.92 Å². The van der Waals surface area contributed by atoms with Crippen LogP contribution < -0.4 is 5.73 Å². The van der Waals surface area contributed by atoms with Crippen LogP contribution in [0.15, 0.2) is 18.2 Å². The summed E-state index contributed by atoms with van der Waals surface area (Å²) in [5, 5.41) is 1.38. The fraction of sp³-hybridized carbons (Fsp3) is 0.429. The molecule has 0 radical (unpaired) electrons. The smallest absolute Gasteiger partial charge is 0.0491 e. The van der Waals surface area contributed by atoms with Crippen molar-refractivity contribution in [3.8, 4) is 0 Å². The molecule has 1 aromatic carbocycles. The summed E-state index contributed by atoms with van der Waals surface area (Å²) in [6, 6.07) is 6.56. The number of benzene rings is 1. The summed E-state index contributed by atoms with van der Waals surface area (Å²) < 4.78 is 0. The summed E-state index contributed by atoms with van der Waals surface area (Å²) in [6.07, 6.45) is 3.22. The van der Waals surface area contributed by atoms with Crippen LogP contribution >= 0.6 is 0 Å². The molecule has 86 valence electrons. The van der Waals surface area contributed by atoms with Gasteiger partial charge in [-0.15, -0.1) is 0 Å². The molecule has 16 heavy (non-hydrogen) atoms. The van der Waals surface area contributed by atoms with Crippen LogP contribution in [0.3, 0.4) is 0 Å². The van der Waals surface area contributed by atoms with E-state index in [1.54, 1.807) is 0 Å². The average Bonchev–Trinajstić information content (AvgIpc) is 2.62. The van der Waals surface area contributed by atoms with E-state index in [0.29, 0.717) is 0 Å². The molecule has 0 aliphatic rings. The number of nitrogens with one attached hydrogen (secondary N) is 1. The van der Waals surface area contributed by atoms with Crippen LogP contribution in [-0.4, -0.2) is 11.5 Å². The molecule has 0 fully saturated rings. The van der Waals surface area contributed by atoms with Crippen molar-refractivity contribution in [3.63, 3.8) is 0 Å². The highest BCUT2D eigenvalue weighted by Gasteiger charge is 2.09. The maximum atomic E-state index is 5.59. The molecule has 0 unspecified atom stereocenters. The molecule has 2 nitrogen and oxygen atoms in total. The Morgan fingerprint density at radius 1 is 1.31 bits per heavy atom. The topological polar surface area (TPSA) is 41.8 Å². The van der Waals surface area contributed by atoms with Gasteiger partial charge in [0.2, 0.25) is 0 Å². The van der Waals surface area contributed by atoms with Gasteiger partial charge >= 0.3 is 0 Å². The lowest BCUT2D eigenvalue weighted by Crippen LogP contribution is -2.00. The fourth-order valence-electron chi connectivity index (χ4n) is 2.36. The van der Waals surface area contributed by atoms with Crippen LogP contribution in [0.25, 0.3) is 10.9 Å². The lowest BCUT2D eigenvalue weighted by atomic mass is 10.0. The average molecular weight is 216 g/mol. The Kier molecular flexibility index (Phi) is 3.30. The monoisotopic (exact) mass is 216 g/mol. The maximum Gasteiger partial charge on any atom is 0.0491 e. The Morgan fingerprint density at radius 2 is 2.12 bits per heavy atom. The lowest BCUT2D eigenvalue weighted by Gasteiger charge is -2.01. The van der Waals surface area contributed by atoms with E-state index in [4.69, 9.17) is 5.73 Å². The van der Waals surface area contributed by atoms with E-state index in [1.807, 2.05) is 0 Å². The van der Waals surface area contributed by atoms with Crippen molar-refractivity contribution >= 4 is 10.9 Å². The molecule has 0 aliphatic heterocycles. The van der Waals surface area contributed by atoms with E-state index in [0.717, 1.165) is 25.8 Å². The highest BCUT2D eigenvalue weighted by Crippen LogP contribution is 2.26. The van der Waals surface area contributed by atoms with Gasteiger partial charge in [-0.1, -0.05) is 25.1 Å². The Labute approximate surface area is 96.9 Å². The normalized spacial score (nSPS) is 11.2. The van der Waals surface area contributed by atoms with Crippen LogP contribution in [0.5, 0.6) is 0 Å². The maximum absolute atomic E-state index is 5.59. The van der Waals surface area contributed by atoms with E-state index in [2.05, 4.69) is 37.0 Å². The van der Waals surface area contributed by atoms with E-state index >= 15 is 0 Å². The van der Waals surface area contributed by atoms with Crippen molar-refractivity contribution in [2.45, 2.75) is 33.1 Å². The Bertz CT molecular complexity index is 483. The number of aromatic amines is 1. The third kappa shape index (κ3) is 1.85. The number of nitrogens with two attached hydrogens (primary N) is 1. The van der Waals surface area contributed by atoms with Gasteiger partial charge in [0.15, 0.2) is 0 Å². The predicted octanol–water partition coefficient (Wildman–Crippen LogP) is 2.93. The molecule has 0 spiro atoms. The molecule has 3 N–H and O–H groups in total. The van der Waals surface area contributed by atoms with Crippen molar-refractivity contribution in [1.29, 1.82) is 0 Å². The van der Waals surface area contributed by atoms with Crippen LogP contribution in [0.2, 0.25) is 0 Å². The third-order valence-electron chi connectivity index (χ3n) is 3.25. The summed E-state index contributed by atoms with van der Waals surface area (Å²) in [5.41, 5.74) is 11.0. The highest BCUT2D eigenvalue weighted by atomic mass is 14.7. The highest BCUT2D eigenvalue weighted by molar-refractivity contribution is 5.87. The Hall–Kier alpha value is -1.28. The number of aryl methyl sites for hydroxylation is 3. The third-order valence-corrected chi connectivity index (χ3v) is 3.25. The number of H-pyrrole nitrogens is 1. The summed E-state index contributed by atoms with van der Waals surface area (Å²) in [5.74, 6) is 0. The van der Waals surface area contributed by atoms with Gasteiger partial charge < -0.3 is 10.7 Å². The van der Waals surface area contributed by atoms with Gasteiger partial charge in [-0.2, -0.15) is 0 Å². The van der Waals surface area contributed by atoms with Gasteiger partial charge in [0.1, 0.15) is 0 Å². The standard InChI is InChI=1S/C14H20N2/c1-3-11-6-4-7-13-12(8-5-9-15)10(2)16-14(11)13/h4,6-7,16H,3,5,8-9,15H2,1-2H3. The van der Waals surface area contributed by atoms with Crippen molar-refractivity contribution < 1.29 is 0 Å². The van der Waals surface area contributed by atoms with Crippen LogP contribution in [-0.2, 0) is 12.8 Å². The molecule has 0 saturated heterocycles. The molecular formula is C14H20N2. The van der Waals surface area contributed by atoms with E-state index in [9.17, 15) is 0 Å². The van der Waals surface area contributed by atoms with Gasteiger partial charge in [0.05, 0.1) is 0 Å². The van der Waals surface area contributed by atoms with Gasteiger partial charge in [0, 0.05) is 16.6 Å². The van der Waals surface area contributed by atoms with Gasteiger partial charge in [0.25, 0.3) is 0 Å². The van der Waals surface area contributed by atoms with Gasteiger partial charge in [-0.05, 0) is 43.9 Å². The summed E-state index contributed by atoms with van der Waals surface area (Å²) in [7, 11) is 0. The van der Waals surface area contributed by atoms with Crippen LogP contribution in [0.1, 0.15) is 30.2 Å². The van der Waals surface area contributed by atoms with Gasteiger partial charge in [-0.3, -0.25) is 0 Å². The number of aromatic nitrogens is 1. The quantitative estimate of drug-likeness (QED) is 0.810. The zero-order chi connectivity index (χ0) is 11.5. The molecular weight excluding hydrogens is 196 g/mol. The van der Waals surface area contributed by atoms with E-state index in [-0.39, 0.29) is 0 Å². The number of hydrogen-bond acceptors (Lipinski definition) is 1. The first-order valence-electron chi connectivity index (χ1n) is 6.07. The second-order valence-corrected chi connectivity index (χ2v) is 4.31. The number of para-hydroxylation sites is 1. The number of fused-ring (bicyclic) bond motifs is 1. The molecule has 0 aliphatic carbocycles. The lowest BCUT2D eigenvalue weighted by molar-refractivity contribution is 0.831. The largest absolute Gasteiger partial charge is 0.358 e. The minimum absolute atomic E-state index is 0.763. The van der Waals surface area contributed by atoms with Crippen molar-refractivity contribution in [2.24, 2.45) is 5.73 Å². The molecule has 2 aromatic rings. The Morgan fingerprint density at radius 3 is 2.81 bits per heavy atom. The van der Waals surface area contributed by atoms with E-state index in [1.165, 1.54) is 27.7 Å². The summed E-state index contributed by atoms with van der Waals surface area (Å²) in [6.45, 7) is 5.12. The van der Waals surface area contributed by atoms with Crippen molar-refractivity contribution in [1.82, 2.24) is 4.98 Å². The fourth-order valence-corrected chi connectivity index (χ4v) is 2.36. The van der Waals surface area contributed by atoms with Gasteiger partial charge in [-0.25, -0.2) is 0 Å². The first-order chi connectivity index (χ1) is 7.77. The second kappa shape index (κ2) is 4.71. The van der Waals surface area contributed by atoms with Crippen molar-refractivity contribution in [3.05, 3.63) is 35.0 Å². The Balaban J connectivity index is 2.52. The molecule has 0 atom stereocenters. The number of rotatable bonds is 4.